The van der Waals surface area contributed by atoms with Gasteiger partial charge in [0.25, 0.3) is 0 Å². The van der Waals surface area contributed by atoms with E-state index in [1.165, 1.54) is 6.07 Å². The highest BCUT2D eigenvalue weighted by atomic mass is 19.1. The first-order valence-corrected chi connectivity index (χ1v) is 4.67. The predicted octanol–water partition coefficient (Wildman–Crippen LogP) is 1.82. The van der Waals surface area contributed by atoms with Gasteiger partial charge < -0.3 is 9.84 Å². The van der Waals surface area contributed by atoms with Crippen molar-refractivity contribution in [1.82, 2.24) is 4.98 Å². The van der Waals surface area contributed by atoms with Crippen molar-refractivity contribution in [3.63, 3.8) is 0 Å². The minimum absolute atomic E-state index is 0.147. The monoisotopic (exact) mass is 197 g/mol. The van der Waals surface area contributed by atoms with Crippen LogP contribution in [0.1, 0.15) is 31.6 Å². The summed E-state index contributed by atoms with van der Waals surface area (Å²) >= 11 is 0. The van der Waals surface area contributed by atoms with Crippen molar-refractivity contribution in [2.24, 2.45) is 0 Å². The molecule has 14 heavy (non-hydrogen) atoms. The molecule has 1 aliphatic rings. The van der Waals surface area contributed by atoms with Crippen molar-refractivity contribution in [3.05, 3.63) is 23.8 Å². The van der Waals surface area contributed by atoms with E-state index in [1.54, 1.807) is 6.92 Å². The second-order valence-corrected chi connectivity index (χ2v) is 3.53. The van der Waals surface area contributed by atoms with Crippen LogP contribution in [0.3, 0.4) is 0 Å². The summed E-state index contributed by atoms with van der Waals surface area (Å²) in [6.07, 6.45) is 2.49. The lowest BCUT2D eigenvalue weighted by Crippen LogP contribution is -2.02. The first kappa shape index (κ1) is 9.40. The number of hydrogen-bond donors (Lipinski definition) is 1. The van der Waals surface area contributed by atoms with Gasteiger partial charge in [0.1, 0.15) is 0 Å². The molecule has 1 N–H and O–H groups in total. The molecule has 1 atom stereocenters. The zero-order valence-electron chi connectivity index (χ0n) is 7.90. The number of aromatic nitrogens is 1. The molecule has 0 aliphatic heterocycles. The number of aliphatic hydroxyl groups excluding tert-OH is 1. The third-order valence-corrected chi connectivity index (χ3v) is 2.09. The summed E-state index contributed by atoms with van der Waals surface area (Å²) in [7, 11) is 0. The second-order valence-electron chi connectivity index (χ2n) is 3.53. The summed E-state index contributed by atoms with van der Waals surface area (Å²) in [5.74, 6) is -0.278. The highest BCUT2D eigenvalue weighted by molar-refractivity contribution is 5.26. The SMILES string of the molecule is CC(O)c1cc(OC2CC2)c(F)cn1. The molecule has 1 aromatic heterocycles. The molecule has 0 radical (unpaired) electrons. The Hall–Kier alpha value is -1.16. The van der Waals surface area contributed by atoms with Crippen molar-refractivity contribution >= 4 is 0 Å². The second kappa shape index (κ2) is 3.53. The van der Waals surface area contributed by atoms with Gasteiger partial charge in [-0.2, -0.15) is 0 Å². The molecule has 76 valence electrons. The standard InChI is InChI=1S/C10H12FNO2/c1-6(13)9-4-10(8(11)5-12-9)14-7-2-3-7/h4-7,13H,2-3H2,1H3. The van der Waals surface area contributed by atoms with Crippen LogP contribution in [0.2, 0.25) is 0 Å². The minimum Gasteiger partial charge on any atom is -0.487 e. The third kappa shape index (κ3) is 2.01. The Kier molecular flexibility index (Phi) is 2.37. The molecule has 4 heteroatoms. The van der Waals surface area contributed by atoms with Crippen LogP contribution in [0.15, 0.2) is 12.3 Å². The van der Waals surface area contributed by atoms with Crippen LogP contribution in [0.25, 0.3) is 0 Å². The fourth-order valence-corrected chi connectivity index (χ4v) is 1.12. The molecule has 0 bridgehead atoms. The van der Waals surface area contributed by atoms with Gasteiger partial charge in [-0.25, -0.2) is 4.39 Å². The van der Waals surface area contributed by atoms with E-state index in [9.17, 15) is 9.50 Å². The summed E-state index contributed by atoms with van der Waals surface area (Å²) in [6, 6.07) is 1.46. The van der Waals surface area contributed by atoms with E-state index in [0.29, 0.717) is 5.69 Å². The van der Waals surface area contributed by atoms with Gasteiger partial charge in [0.2, 0.25) is 0 Å². The van der Waals surface area contributed by atoms with Crippen LogP contribution < -0.4 is 4.74 Å². The summed E-state index contributed by atoms with van der Waals surface area (Å²) in [4.78, 5) is 3.76. The maximum atomic E-state index is 13.2. The molecule has 0 spiro atoms. The van der Waals surface area contributed by atoms with E-state index >= 15 is 0 Å². The maximum absolute atomic E-state index is 13.2. The van der Waals surface area contributed by atoms with Crippen LogP contribution in [-0.4, -0.2) is 16.2 Å². The molecular formula is C10H12FNO2. The summed E-state index contributed by atoms with van der Waals surface area (Å²) in [5, 5.41) is 9.25. The van der Waals surface area contributed by atoms with Gasteiger partial charge in [-0.1, -0.05) is 0 Å². The first-order chi connectivity index (χ1) is 6.66. The quantitative estimate of drug-likeness (QED) is 0.803. The zero-order valence-corrected chi connectivity index (χ0v) is 7.90. The normalized spacial score (nSPS) is 17.9. The van der Waals surface area contributed by atoms with Gasteiger partial charge in [0.15, 0.2) is 11.6 Å². The third-order valence-electron chi connectivity index (χ3n) is 2.09. The van der Waals surface area contributed by atoms with Crippen LogP contribution in [0.4, 0.5) is 4.39 Å². The zero-order chi connectivity index (χ0) is 10.1. The fourth-order valence-electron chi connectivity index (χ4n) is 1.12. The molecule has 1 unspecified atom stereocenters. The van der Waals surface area contributed by atoms with Crippen molar-refractivity contribution in [2.75, 3.05) is 0 Å². The highest BCUT2D eigenvalue weighted by Crippen LogP contribution is 2.29. The Morgan fingerprint density at radius 3 is 2.93 bits per heavy atom. The van der Waals surface area contributed by atoms with Gasteiger partial charge in [-0.15, -0.1) is 0 Å². The largest absolute Gasteiger partial charge is 0.487 e. The van der Waals surface area contributed by atoms with E-state index in [2.05, 4.69) is 4.98 Å². The van der Waals surface area contributed by atoms with Gasteiger partial charge >= 0.3 is 0 Å². The van der Waals surface area contributed by atoms with Gasteiger partial charge in [0, 0.05) is 6.07 Å². The molecule has 0 aromatic carbocycles. The van der Waals surface area contributed by atoms with Crippen LogP contribution >= 0.6 is 0 Å². The number of nitrogens with zero attached hydrogens (tertiary/aromatic N) is 1. The Bertz CT molecular complexity index is 337. The van der Waals surface area contributed by atoms with E-state index in [4.69, 9.17) is 4.74 Å². The number of ether oxygens (including phenoxy) is 1. The van der Waals surface area contributed by atoms with Crippen molar-refractivity contribution in [3.8, 4) is 5.75 Å². The molecule has 1 aromatic rings. The summed E-state index contributed by atoms with van der Waals surface area (Å²) in [6.45, 7) is 1.58. The molecule has 3 nitrogen and oxygen atoms in total. The lowest BCUT2D eigenvalue weighted by Gasteiger charge is -2.08. The number of pyridine rings is 1. The lowest BCUT2D eigenvalue weighted by molar-refractivity contribution is 0.192. The Labute approximate surface area is 81.5 Å². The molecular weight excluding hydrogens is 185 g/mol. The molecule has 1 fully saturated rings. The van der Waals surface area contributed by atoms with Gasteiger partial charge in [-0.05, 0) is 19.8 Å². The number of rotatable bonds is 3. The minimum atomic E-state index is -0.697. The molecule has 1 aliphatic carbocycles. The summed E-state index contributed by atoms with van der Waals surface area (Å²) < 4.78 is 18.5. The lowest BCUT2D eigenvalue weighted by atomic mass is 10.2. The van der Waals surface area contributed by atoms with Gasteiger partial charge in [0.05, 0.1) is 24.1 Å². The van der Waals surface area contributed by atoms with Gasteiger partial charge in [-0.3, -0.25) is 4.98 Å². The average Bonchev–Trinajstić information content (AvgIpc) is 2.92. The van der Waals surface area contributed by atoms with Crippen molar-refractivity contribution in [1.29, 1.82) is 0 Å². The Morgan fingerprint density at radius 2 is 2.36 bits per heavy atom. The highest BCUT2D eigenvalue weighted by Gasteiger charge is 2.25. The van der Waals surface area contributed by atoms with Crippen LogP contribution in [-0.2, 0) is 0 Å². The van der Waals surface area contributed by atoms with E-state index in [-0.39, 0.29) is 11.9 Å². The van der Waals surface area contributed by atoms with E-state index in [1.807, 2.05) is 0 Å². The van der Waals surface area contributed by atoms with E-state index < -0.39 is 11.9 Å². The van der Waals surface area contributed by atoms with Crippen molar-refractivity contribution < 1.29 is 14.2 Å². The predicted molar refractivity (Wildman–Crippen MR) is 48.5 cm³/mol. The first-order valence-electron chi connectivity index (χ1n) is 4.67. The molecule has 2 rings (SSSR count). The molecule has 1 heterocycles. The number of aliphatic hydroxyl groups is 1. The van der Waals surface area contributed by atoms with Crippen LogP contribution in [0.5, 0.6) is 5.75 Å². The molecule has 0 saturated heterocycles. The topological polar surface area (TPSA) is 42.4 Å². The van der Waals surface area contributed by atoms with Crippen molar-refractivity contribution in [2.45, 2.75) is 32.0 Å². The Balaban J connectivity index is 2.21. The van der Waals surface area contributed by atoms with E-state index in [0.717, 1.165) is 19.0 Å². The number of halogens is 1. The Morgan fingerprint density at radius 1 is 1.64 bits per heavy atom. The smallest absolute Gasteiger partial charge is 0.183 e. The number of hydrogen-bond acceptors (Lipinski definition) is 3. The average molecular weight is 197 g/mol. The van der Waals surface area contributed by atoms with Crippen LogP contribution in [0, 0.1) is 5.82 Å². The molecule has 0 amide bonds. The summed E-state index contributed by atoms with van der Waals surface area (Å²) in [5.41, 5.74) is 0.432. The molecule has 1 saturated carbocycles. The maximum Gasteiger partial charge on any atom is 0.183 e. The fraction of sp³-hybridized carbons (Fsp3) is 0.500.